The van der Waals surface area contributed by atoms with Gasteiger partial charge in [-0.25, -0.2) is 9.97 Å². The lowest BCUT2D eigenvalue weighted by Gasteiger charge is -2.25. The number of hydrogen-bond acceptors (Lipinski definition) is 5. The summed E-state index contributed by atoms with van der Waals surface area (Å²) in [6.45, 7) is 1.01. The van der Waals surface area contributed by atoms with E-state index in [9.17, 15) is 9.59 Å². The Morgan fingerprint density at radius 2 is 2.11 bits per heavy atom. The van der Waals surface area contributed by atoms with Crippen LogP contribution in [0.2, 0.25) is 0 Å². The second-order valence-corrected chi connectivity index (χ2v) is 7.31. The number of aromatic nitrogens is 3. The lowest BCUT2D eigenvalue weighted by Crippen LogP contribution is -2.39. The Labute approximate surface area is 155 Å². The summed E-state index contributed by atoms with van der Waals surface area (Å²) in [6.07, 6.45) is 5.63. The summed E-state index contributed by atoms with van der Waals surface area (Å²) in [6, 6.07) is 7.16. The highest BCUT2D eigenvalue weighted by molar-refractivity contribution is 5.79. The molecule has 27 heavy (non-hydrogen) atoms. The lowest BCUT2D eigenvalue weighted by atomic mass is 9.85. The van der Waals surface area contributed by atoms with Crippen molar-refractivity contribution < 1.29 is 9.21 Å². The molecule has 5 rings (SSSR count). The Morgan fingerprint density at radius 3 is 2.93 bits per heavy atom. The highest BCUT2D eigenvalue weighted by Crippen LogP contribution is 2.37. The zero-order valence-corrected chi connectivity index (χ0v) is 14.9. The third-order valence-electron chi connectivity index (χ3n) is 5.59. The van der Waals surface area contributed by atoms with E-state index in [1.165, 1.54) is 17.3 Å². The van der Waals surface area contributed by atoms with E-state index in [4.69, 9.17) is 4.42 Å². The molecule has 0 spiro atoms. The summed E-state index contributed by atoms with van der Waals surface area (Å²) in [4.78, 5) is 36.0. The van der Waals surface area contributed by atoms with Crippen LogP contribution in [0.4, 0.5) is 0 Å². The Morgan fingerprint density at radius 1 is 1.26 bits per heavy atom. The molecule has 0 saturated heterocycles. The fourth-order valence-corrected chi connectivity index (χ4v) is 3.73. The molecule has 1 amide bonds. The molecule has 1 aliphatic heterocycles. The number of hydrogen-bond donors (Lipinski definition) is 0. The van der Waals surface area contributed by atoms with Gasteiger partial charge in [-0.1, -0.05) is 18.6 Å². The fraction of sp³-hybridized carbons (Fsp3) is 0.400. The molecular weight excluding hydrogens is 344 g/mol. The topological polar surface area (TPSA) is 81.2 Å². The van der Waals surface area contributed by atoms with Crippen molar-refractivity contribution in [2.75, 3.05) is 6.54 Å². The van der Waals surface area contributed by atoms with Crippen molar-refractivity contribution in [2.45, 2.75) is 44.7 Å². The van der Waals surface area contributed by atoms with Gasteiger partial charge in [0.1, 0.15) is 18.0 Å². The van der Waals surface area contributed by atoms with E-state index in [1.54, 1.807) is 23.1 Å². The van der Waals surface area contributed by atoms with E-state index >= 15 is 0 Å². The summed E-state index contributed by atoms with van der Waals surface area (Å²) < 4.78 is 7.29. The Bertz CT molecular complexity index is 1080. The predicted molar refractivity (Wildman–Crippen MR) is 98.2 cm³/mol. The summed E-state index contributed by atoms with van der Waals surface area (Å²) in [5, 5.41) is 0.523. The number of benzene rings is 1. The van der Waals surface area contributed by atoms with Crippen LogP contribution in [0, 0.1) is 0 Å². The molecule has 138 valence electrons. The van der Waals surface area contributed by atoms with Crippen molar-refractivity contribution in [1.82, 2.24) is 19.4 Å². The Balaban J connectivity index is 1.34. The molecule has 1 fully saturated rings. The molecule has 1 aromatic carbocycles. The fourth-order valence-electron chi connectivity index (χ4n) is 3.73. The highest BCUT2D eigenvalue weighted by atomic mass is 16.4. The largest absolute Gasteiger partial charge is 0.445 e. The van der Waals surface area contributed by atoms with Crippen LogP contribution in [0.25, 0.3) is 10.9 Å². The van der Waals surface area contributed by atoms with Gasteiger partial charge < -0.3 is 9.32 Å². The van der Waals surface area contributed by atoms with E-state index in [2.05, 4.69) is 9.97 Å². The second kappa shape index (κ2) is 6.33. The molecule has 0 unspecified atom stereocenters. The number of fused-ring (bicyclic) bond motifs is 2. The number of rotatable bonds is 3. The number of oxazole rings is 1. The monoisotopic (exact) mass is 364 g/mol. The highest BCUT2D eigenvalue weighted by Gasteiger charge is 2.30. The molecule has 7 nitrogen and oxygen atoms in total. The van der Waals surface area contributed by atoms with Crippen LogP contribution < -0.4 is 5.56 Å². The molecular formula is C20H20N4O3. The SMILES string of the molecule is O=C(Cn1cnc2ccccc2c1=O)N1CCc2oc(C3CCC3)nc2C1. The summed E-state index contributed by atoms with van der Waals surface area (Å²) in [5.74, 6) is 2.08. The first-order valence-electron chi connectivity index (χ1n) is 9.39. The number of amides is 1. The number of para-hydroxylation sites is 1. The van der Waals surface area contributed by atoms with Crippen molar-refractivity contribution >= 4 is 16.8 Å². The van der Waals surface area contributed by atoms with Crippen LogP contribution in [0.15, 0.2) is 39.8 Å². The molecule has 0 atom stereocenters. The van der Waals surface area contributed by atoms with Gasteiger partial charge in [0.2, 0.25) is 5.91 Å². The molecule has 7 heteroatoms. The Kier molecular flexibility index (Phi) is 3.81. The minimum absolute atomic E-state index is 0.0145. The first kappa shape index (κ1) is 16.2. The van der Waals surface area contributed by atoms with E-state index in [0.29, 0.717) is 36.3 Å². The summed E-state index contributed by atoms with van der Waals surface area (Å²) >= 11 is 0. The first-order valence-corrected chi connectivity index (χ1v) is 9.39. The maximum absolute atomic E-state index is 12.8. The molecule has 1 aliphatic carbocycles. The van der Waals surface area contributed by atoms with Crippen molar-refractivity contribution in [3.05, 3.63) is 58.3 Å². The van der Waals surface area contributed by atoms with Gasteiger partial charge in [-0.15, -0.1) is 0 Å². The average molecular weight is 364 g/mol. The van der Waals surface area contributed by atoms with E-state index < -0.39 is 0 Å². The molecule has 2 aliphatic rings. The number of carbonyl (C=O) groups is 1. The van der Waals surface area contributed by atoms with Crippen molar-refractivity contribution in [1.29, 1.82) is 0 Å². The number of carbonyl (C=O) groups excluding carboxylic acids is 1. The third-order valence-corrected chi connectivity index (χ3v) is 5.59. The van der Waals surface area contributed by atoms with Gasteiger partial charge in [-0.3, -0.25) is 14.2 Å². The molecule has 2 aromatic heterocycles. The summed E-state index contributed by atoms with van der Waals surface area (Å²) in [5.41, 5.74) is 1.31. The van der Waals surface area contributed by atoms with E-state index in [-0.39, 0.29) is 18.0 Å². The van der Waals surface area contributed by atoms with Crippen LogP contribution >= 0.6 is 0 Å². The van der Waals surface area contributed by atoms with E-state index in [1.807, 2.05) is 6.07 Å². The molecule has 0 N–H and O–H groups in total. The zero-order chi connectivity index (χ0) is 18.4. The van der Waals surface area contributed by atoms with Crippen molar-refractivity contribution in [3.8, 4) is 0 Å². The van der Waals surface area contributed by atoms with Crippen LogP contribution in [-0.2, 0) is 24.3 Å². The normalized spacial score (nSPS) is 17.0. The van der Waals surface area contributed by atoms with E-state index in [0.717, 1.165) is 30.2 Å². The molecule has 0 radical (unpaired) electrons. The van der Waals surface area contributed by atoms with Crippen LogP contribution in [0.5, 0.6) is 0 Å². The smallest absolute Gasteiger partial charge is 0.261 e. The predicted octanol–water partition coefficient (Wildman–Crippen LogP) is 2.24. The van der Waals surface area contributed by atoms with Gasteiger partial charge in [-0.2, -0.15) is 0 Å². The maximum atomic E-state index is 12.8. The second-order valence-electron chi connectivity index (χ2n) is 7.31. The van der Waals surface area contributed by atoms with Crippen LogP contribution in [0.3, 0.4) is 0 Å². The molecule has 3 heterocycles. The molecule has 3 aromatic rings. The van der Waals surface area contributed by atoms with Gasteiger partial charge in [0.25, 0.3) is 5.56 Å². The van der Waals surface area contributed by atoms with Crippen LogP contribution in [0.1, 0.15) is 42.5 Å². The first-order chi connectivity index (χ1) is 13.2. The minimum atomic E-state index is -0.194. The van der Waals surface area contributed by atoms with Gasteiger partial charge in [0, 0.05) is 18.9 Å². The maximum Gasteiger partial charge on any atom is 0.261 e. The lowest BCUT2D eigenvalue weighted by molar-refractivity contribution is -0.132. The van der Waals surface area contributed by atoms with Gasteiger partial charge >= 0.3 is 0 Å². The summed E-state index contributed by atoms with van der Waals surface area (Å²) in [7, 11) is 0. The quantitative estimate of drug-likeness (QED) is 0.712. The van der Waals surface area contributed by atoms with Crippen molar-refractivity contribution in [3.63, 3.8) is 0 Å². The van der Waals surface area contributed by atoms with Gasteiger partial charge in [0.05, 0.1) is 23.8 Å². The third kappa shape index (κ3) is 2.83. The minimum Gasteiger partial charge on any atom is -0.445 e. The van der Waals surface area contributed by atoms with Gasteiger partial charge in [-0.05, 0) is 25.0 Å². The molecule has 0 bridgehead atoms. The molecule has 1 saturated carbocycles. The zero-order valence-electron chi connectivity index (χ0n) is 14.9. The van der Waals surface area contributed by atoms with Crippen LogP contribution in [-0.4, -0.2) is 31.9 Å². The van der Waals surface area contributed by atoms with Gasteiger partial charge in [0.15, 0.2) is 5.89 Å². The van der Waals surface area contributed by atoms with Crippen molar-refractivity contribution in [2.24, 2.45) is 0 Å². The average Bonchev–Trinajstić information content (AvgIpc) is 3.05. The Hall–Kier alpha value is -2.96. The number of nitrogens with zero attached hydrogens (tertiary/aromatic N) is 4. The standard InChI is InChI=1S/C20H20N4O3/c25-18(11-24-12-21-15-7-2-1-6-14(15)20(24)26)23-9-8-17-16(10-23)22-19(27-17)13-4-3-5-13/h1-2,6-7,12-13H,3-5,8-11H2.